The van der Waals surface area contributed by atoms with Crippen molar-refractivity contribution in [1.82, 2.24) is 4.31 Å². The third-order valence-corrected chi connectivity index (χ3v) is 5.37. The molecule has 2 aromatic carbocycles. The summed E-state index contributed by atoms with van der Waals surface area (Å²) in [6, 6.07) is 10.7. The van der Waals surface area contributed by atoms with Gasteiger partial charge in [-0.25, -0.2) is 8.42 Å². The Morgan fingerprint density at radius 2 is 1.71 bits per heavy atom. The molecule has 5 heteroatoms. The summed E-state index contributed by atoms with van der Waals surface area (Å²) in [6.45, 7) is 5.05. The van der Waals surface area contributed by atoms with Crippen LogP contribution < -0.4 is 5.73 Å². The van der Waals surface area contributed by atoms with Crippen LogP contribution in [-0.4, -0.2) is 25.8 Å². The SMILES string of the molecule is CCCN(CCC)S(=O)(=O)c1ccc2cccc(N)c2c1. The van der Waals surface area contributed by atoms with Crippen LogP contribution in [0, 0.1) is 0 Å². The minimum absolute atomic E-state index is 0.315. The third kappa shape index (κ3) is 3.19. The van der Waals surface area contributed by atoms with Gasteiger partial charge in [-0.15, -0.1) is 0 Å². The molecule has 0 fully saturated rings. The molecule has 0 spiro atoms. The molecule has 0 bridgehead atoms. The lowest BCUT2D eigenvalue weighted by Gasteiger charge is -2.21. The van der Waals surface area contributed by atoms with Gasteiger partial charge in [-0.1, -0.05) is 32.0 Å². The number of fused-ring (bicyclic) bond motifs is 1. The molecule has 0 aliphatic rings. The lowest BCUT2D eigenvalue weighted by atomic mass is 10.1. The maximum atomic E-state index is 12.8. The third-order valence-electron chi connectivity index (χ3n) is 3.47. The van der Waals surface area contributed by atoms with Gasteiger partial charge in [-0.3, -0.25) is 0 Å². The minimum Gasteiger partial charge on any atom is -0.398 e. The van der Waals surface area contributed by atoms with Crippen LogP contribution in [0.3, 0.4) is 0 Å². The highest BCUT2D eigenvalue weighted by Gasteiger charge is 2.23. The van der Waals surface area contributed by atoms with Crippen molar-refractivity contribution in [2.75, 3.05) is 18.8 Å². The zero-order valence-corrected chi connectivity index (χ0v) is 13.4. The molecule has 0 aromatic heterocycles. The van der Waals surface area contributed by atoms with Crippen LogP contribution in [-0.2, 0) is 10.0 Å². The van der Waals surface area contributed by atoms with Crippen LogP contribution in [0.1, 0.15) is 26.7 Å². The molecular formula is C16H22N2O2S. The number of hydrogen-bond acceptors (Lipinski definition) is 3. The average molecular weight is 306 g/mol. The number of nitrogens with zero attached hydrogens (tertiary/aromatic N) is 1. The van der Waals surface area contributed by atoms with Gasteiger partial charge in [0, 0.05) is 24.2 Å². The first kappa shape index (κ1) is 15.8. The van der Waals surface area contributed by atoms with Gasteiger partial charge in [0.15, 0.2) is 0 Å². The maximum absolute atomic E-state index is 12.8. The van der Waals surface area contributed by atoms with Crippen molar-refractivity contribution < 1.29 is 8.42 Å². The van der Waals surface area contributed by atoms with E-state index < -0.39 is 10.0 Å². The summed E-state index contributed by atoms with van der Waals surface area (Å²) in [5.41, 5.74) is 6.55. The highest BCUT2D eigenvalue weighted by molar-refractivity contribution is 7.89. The number of hydrogen-bond donors (Lipinski definition) is 1. The summed E-state index contributed by atoms with van der Waals surface area (Å²) in [7, 11) is -3.46. The normalized spacial score (nSPS) is 12.1. The molecular weight excluding hydrogens is 284 g/mol. The second kappa shape index (κ2) is 6.45. The van der Waals surface area contributed by atoms with Crippen molar-refractivity contribution in [3.63, 3.8) is 0 Å². The standard InChI is InChI=1S/C16H22N2O2S/c1-3-10-18(11-4-2)21(19,20)14-9-8-13-6-5-7-16(17)15(13)12-14/h5-9,12H,3-4,10-11,17H2,1-2H3. The molecule has 2 rings (SSSR count). The van der Waals surface area contributed by atoms with E-state index in [0.717, 1.165) is 23.6 Å². The van der Waals surface area contributed by atoms with E-state index in [1.165, 1.54) is 0 Å². The first-order chi connectivity index (χ1) is 10.0. The molecule has 0 saturated heterocycles. The van der Waals surface area contributed by atoms with Crippen LogP contribution in [0.5, 0.6) is 0 Å². The van der Waals surface area contributed by atoms with Crippen LogP contribution in [0.15, 0.2) is 41.3 Å². The van der Waals surface area contributed by atoms with E-state index in [9.17, 15) is 8.42 Å². The molecule has 0 unspecified atom stereocenters. The Balaban J connectivity index is 2.51. The van der Waals surface area contributed by atoms with Gasteiger partial charge in [0.25, 0.3) is 0 Å². The highest BCUT2D eigenvalue weighted by atomic mass is 32.2. The molecule has 4 nitrogen and oxygen atoms in total. The number of rotatable bonds is 6. The van der Waals surface area contributed by atoms with Crippen LogP contribution in [0.25, 0.3) is 10.8 Å². The Kier molecular flexibility index (Phi) is 4.85. The summed E-state index contributed by atoms with van der Waals surface area (Å²) in [5, 5.41) is 1.73. The number of nitrogens with two attached hydrogens (primary N) is 1. The van der Waals surface area contributed by atoms with E-state index in [1.807, 2.05) is 32.0 Å². The summed E-state index contributed by atoms with van der Waals surface area (Å²) in [6.07, 6.45) is 1.60. The maximum Gasteiger partial charge on any atom is 0.243 e. The molecule has 0 saturated carbocycles. The van der Waals surface area contributed by atoms with Gasteiger partial charge < -0.3 is 5.73 Å². The molecule has 21 heavy (non-hydrogen) atoms. The van der Waals surface area contributed by atoms with E-state index in [4.69, 9.17) is 5.73 Å². The molecule has 2 N–H and O–H groups in total. The topological polar surface area (TPSA) is 63.4 Å². The van der Waals surface area contributed by atoms with Crippen molar-refractivity contribution in [3.05, 3.63) is 36.4 Å². The monoisotopic (exact) mass is 306 g/mol. The quantitative estimate of drug-likeness (QED) is 0.833. The Labute approximate surface area is 126 Å². The number of anilines is 1. The molecule has 0 aliphatic heterocycles. The second-order valence-electron chi connectivity index (χ2n) is 5.13. The van der Waals surface area contributed by atoms with Crippen LogP contribution in [0.2, 0.25) is 0 Å². The number of benzene rings is 2. The van der Waals surface area contributed by atoms with E-state index in [2.05, 4.69) is 0 Å². The van der Waals surface area contributed by atoms with Crippen molar-refractivity contribution in [2.24, 2.45) is 0 Å². The molecule has 114 valence electrons. The molecule has 0 amide bonds. The molecule has 0 aliphatic carbocycles. The van der Waals surface area contributed by atoms with Crippen molar-refractivity contribution >= 4 is 26.5 Å². The van der Waals surface area contributed by atoms with Gasteiger partial charge in [0.2, 0.25) is 10.0 Å². The van der Waals surface area contributed by atoms with Crippen molar-refractivity contribution in [3.8, 4) is 0 Å². The van der Waals surface area contributed by atoms with Crippen molar-refractivity contribution in [1.29, 1.82) is 0 Å². The Hall–Kier alpha value is -1.59. The molecule has 2 aromatic rings. The molecule has 0 radical (unpaired) electrons. The summed E-state index contributed by atoms with van der Waals surface area (Å²) in [5.74, 6) is 0. The lowest BCUT2D eigenvalue weighted by molar-refractivity contribution is 0.410. The van der Waals surface area contributed by atoms with Gasteiger partial charge >= 0.3 is 0 Å². The molecule has 0 heterocycles. The first-order valence-corrected chi connectivity index (χ1v) is 8.73. The van der Waals surface area contributed by atoms with Gasteiger partial charge in [-0.05, 0) is 36.4 Å². The van der Waals surface area contributed by atoms with Gasteiger partial charge in [0.1, 0.15) is 0 Å². The summed E-state index contributed by atoms with van der Waals surface area (Å²) < 4.78 is 27.1. The number of nitrogen functional groups attached to an aromatic ring is 1. The Morgan fingerprint density at radius 3 is 2.33 bits per heavy atom. The minimum atomic E-state index is -3.46. The second-order valence-corrected chi connectivity index (χ2v) is 7.07. The Bertz CT molecular complexity index is 720. The number of sulfonamides is 1. The lowest BCUT2D eigenvalue weighted by Crippen LogP contribution is -2.32. The zero-order chi connectivity index (χ0) is 15.5. The average Bonchev–Trinajstić information content (AvgIpc) is 2.47. The van der Waals surface area contributed by atoms with Gasteiger partial charge in [0.05, 0.1) is 4.90 Å². The highest BCUT2D eigenvalue weighted by Crippen LogP contribution is 2.26. The zero-order valence-electron chi connectivity index (χ0n) is 12.5. The van der Waals surface area contributed by atoms with E-state index >= 15 is 0 Å². The van der Waals surface area contributed by atoms with Crippen molar-refractivity contribution in [2.45, 2.75) is 31.6 Å². The fourth-order valence-corrected chi connectivity index (χ4v) is 4.09. The fourth-order valence-electron chi connectivity index (χ4n) is 2.44. The largest absolute Gasteiger partial charge is 0.398 e. The predicted octanol–water partition coefficient (Wildman–Crippen LogP) is 3.23. The van der Waals surface area contributed by atoms with Crippen LogP contribution in [0.4, 0.5) is 5.69 Å². The van der Waals surface area contributed by atoms with E-state index in [0.29, 0.717) is 23.7 Å². The summed E-state index contributed by atoms with van der Waals surface area (Å²) >= 11 is 0. The van der Waals surface area contributed by atoms with E-state index in [1.54, 1.807) is 22.5 Å². The summed E-state index contributed by atoms with van der Waals surface area (Å²) in [4.78, 5) is 0.315. The fraction of sp³-hybridized carbons (Fsp3) is 0.375. The van der Waals surface area contributed by atoms with E-state index in [-0.39, 0.29) is 0 Å². The van der Waals surface area contributed by atoms with Crippen LogP contribution >= 0.6 is 0 Å². The predicted molar refractivity (Wildman–Crippen MR) is 87.7 cm³/mol. The Morgan fingerprint density at radius 1 is 1.05 bits per heavy atom. The smallest absolute Gasteiger partial charge is 0.243 e. The molecule has 0 atom stereocenters. The van der Waals surface area contributed by atoms with Gasteiger partial charge in [-0.2, -0.15) is 4.31 Å². The first-order valence-electron chi connectivity index (χ1n) is 7.29.